The van der Waals surface area contributed by atoms with Crippen LogP contribution in [0.5, 0.6) is 0 Å². The molecule has 1 aromatic heterocycles. The third-order valence-corrected chi connectivity index (χ3v) is 4.33. The largest absolute Gasteiger partial charge is 0.444 e. The third kappa shape index (κ3) is 3.99. The molecule has 7 nitrogen and oxygen atoms in total. The van der Waals surface area contributed by atoms with Gasteiger partial charge in [-0.25, -0.2) is 4.98 Å². The lowest BCUT2D eigenvalue weighted by Crippen LogP contribution is -2.40. The van der Waals surface area contributed by atoms with Gasteiger partial charge in [0, 0.05) is 31.6 Å². The van der Waals surface area contributed by atoms with E-state index in [1.165, 1.54) is 0 Å². The fourth-order valence-electron chi connectivity index (χ4n) is 2.90. The van der Waals surface area contributed by atoms with E-state index in [1.54, 1.807) is 7.05 Å². The number of hydrogen-bond donors (Lipinski definition) is 3. The van der Waals surface area contributed by atoms with Crippen molar-refractivity contribution in [1.82, 2.24) is 15.6 Å². The quantitative estimate of drug-likeness (QED) is 0.585. The third-order valence-electron chi connectivity index (χ3n) is 4.33. The topological polar surface area (TPSA) is 91.6 Å². The van der Waals surface area contributed by atoms with Crippen molar-refractivity contribution in [2.75, 3.05) is 18.9 Å². The first-order valence-corrected chi connectivity index (χ1v) is 8.33. The first-order chi connectivity index (χ1) is 12.1. The highest BCUT2D eigenvalue weighted by Crippen LogP contribution is 2.31. The number of nitrogens with one attached hydrogen (secondary N) is 3. The molecule has 1 atom stereocenters. The molecule has 1 unspecified atom stereocenters. The van der Waals surface area contributed by atoms with E-state index in [9.17, 15) is 4.79 Å². The lowest BCUT2D eigenvalue weighted by atomic mass is 9.90. The second-order valence-electron chi connectivity index (χ2n) is 6.09. The number of nitrogens with zero attached hydrogens (tertiary/aromatic N) is 2. The molecule has 2 heterocycles. The summed E-state index contributed by atoms with van der Waals surface area (Å²) in [6, 6.07) is 7.90. The van der Waals surface area contributed by atoms with E-state index in [4.69, 9.17) is 4.42 Å². The minimum Gasteiger partial charge on any atom is -0.444 e. The molecule has 132 valence electrons. The number of amides is 1. The molecule has 0 aliphatic carbocycles. The number of fused-ring (bicyclic) bond motifs is 1. The summed E-state index contributed by atoms with van der Waals surface area (Å²) in [6.45, 7) is 4.88. The average molecular weight is 341 g/mol. The second-order valence-corrected chi connectivity index (χ2v) is 6.09. The zero-order valence-electron chi connectivity index (χ0n) is 14.7. The normalized spacial score (nSPS) is 17.0. The van der Waals surface area contributed by atoms with Crippen LogP contribution in [0.2, 0.25) is 0 Å². The standard InChI is InChI=1S/C18H23N5O2/c1-11-12(2)25-17(22-11)10-21-18(19-3)20-9-13-8-16(24)23-15-7-5-4-6-14(13)15/h4-7,13H,8-10H2,1-3H3,(H,23,24)(H2,19,20,21). The number of aryl methyl sites for hydroxylation is 2. The summed E-state index contributed by atoms with van der Waals surface area (Å²) in [4.78, 5) is 20.4. The summed E-state index contributed by atoms with van der Waals surface area (Å²) in [5.74, 6) is 2.25. The predicted molar refractivity (Wildman–Crippen MR) is 96.6 cm³/mol. The number of guanidine groups is 1. The average Bonchev–Trinajstić information content (AvgIpc) is 2.92. The van der Waals surface area contributed by atoms with Crippen molar-refractivity contribution in [2.24, 2.45) is 4.99 Å². The number of anilines is 1. The van der Waals surface area contributed by atoms with Crippen LogP contribution in [0.3, 0.4) is 0 Å². The molecular formula is C18H23N5O2. The maximum Gasteiger partial charge on any atom is 0.225 e. The maximum absolute atomic E-state index is 11.9. The fraction of sp³-hybridized carbons (Fsp3) is 0.389. The van der Waals surface area contributed by atoms with Crippen molar-refractivity contribution >= 4 is 17.6 Å². The molecule has 3 rings (SSSR count). The number of benzene rings is 1. The molecule has 1 aromatic carbocycles. The van der Waals surface area contributed by atoms with Gasteiger partial charge in [0.15, 0.2) is 5.96 Å². The summed E-state index contributed by atoms with van der Waals surface area (Å²) >= 11 is 0. The molecule has 0 spiro atoms. The summed E-state index contributed by atoms with van der Waals surface area (Å²) in [7, 11) is 1.71. The zero-order chi connectivity index (χ0) is 17.8. The van der Waals surface area contributed by atoms with E-state index in [0.717, 1.165) is 22.7 Å². The SMILES string of the molecule is CN=C(NCc1nc(C)c(C)o1)NCC1CC(=O)Nc2ccccc21. The molecule has 7 heteroatoms. The van der Waals surface area contributed by atoms with Crippen LogP contribution in [0.25, 0.3) is 0 Å². The van der Waals surface area contributed by atoms with Crippen LogP contribution in [-0.2, 0) is 11.3 Å². The number of oxazole rings is 1. The van der Waals surface area contributed by atoms with E-state index >= 15 is 0 Å². The molecular weight excluding hydrogens is 318 g/mol. The molecule has 0 saturated carbocycles. The highest BCUT2D eigenvalue weighted by Gasteiger charge is 2.24. The van der Waals surface area contributed by atoms with Gasteiger partial charge in [0.2, 0.25) is 11.8 Å². The molecule has 25 heavy (non-hydrogen) atoms. The molecule has 0 radical (unpaired) electrons. The summed E-state index contributed by atoms with van der Waals surface area (Å²) < 4.78 is 5.55. The fourth-order valence-corrected chi connectivity index (χ4v) is 2.90. The first kappa shape index (κ1) is 17.0. The van der Waals surface area contributed by atoms with Gasteiger partial charge in [-0.15, -0.1) is 0 Å². The molecule has 1 aliphatic rings. The number of aromatic nitrogens is 1. The Balaban J connectivity index is 1.59. The highest BCUT2D eigenvalue weighted by molar-refractivity contribution is 5.94. The number of aliphatic imine (C=N–C) groups is 1. The predicted octanol–water partition coefficient (Wildman–Crippen LogP) is 2.08. The lowest BCUT2D eigenvalue weighted by Gasteiger charge is -2.26. The Morgan fingerprint density at radius 2 is 2.16 bits per heavy atom. The van der Waals surface area contributed by atoms with Crippen molar-refractivity contribution in [3.05, 3.63) is 47.2 Å². The Morgan fingerprint density at radius 3 is 2.88 bits per heavy atom. The zero-order valence-corrected chi connectivity index (χ0v) is 14.7. The highest BCUT2D eigenvalue weighted by atomic mass is 16.4. The van der Waals surface area contributed by atoms with E-state index in [1.807, 2.05) is 32.0 Å². The molecule has 0 fully saturated rings. The second kappa shape index (κ2) is 7.38. The number of carbonyl (C=O) groups excluding carboxylic acids is 1. The van der Waals surface area contributed by atoms with Crippen molar-refractivity contribution in [3.8, 4) is 0 Å². The molecule has 0 bridgehead atoms. The van der Waals surface area contributed by atoms with E-state index in [0.29, 0.717) is 31.4 Å². The van der Waals surface area contributed by atoms with Crippen LogP contribution in [0.4, 0.5) is 5.69 Å². The Labute approximate surface area is 146 Å². The molecule has 0 saturated heterocycles. The Hall–Kier alpha value is -2.83. The van der Waals surface area contributed by atoms with Gasteiger partial charge in [-0.2, -0.15) is 0 Å². The van der Waals surface area contributed by atoms with Crippen molar-refractivity contribution < 1.29 is 9.21 Å². The molecule has 1 aliphatic heterocycles. The van der Waals surface area contributed by atoms with Crippen LogP contribution in [-0.4, -0.2) is 30.4 Å². The van der Waals surface area contributed by atoms with Gasteiger partial charge in [-0.05, 0) is 25.5 Å². The van der Waals surface area contributed by atoms with Gasteiger partial charge >= 0.3 is 0 Å². The van der Waals surface area contributed by atoms with Crippen molar-refractivity contribution in [1.29, 1.82) is 0 Å². The summed E-state index contributed by atoms with van der Waals surface area (Å²) in [5.41, 5.74) is 2.92. The summed E-state index contributed by atoms with van der Waals surface area (Å²) in [6.07, 6.45) is 0.457. The maximum atomic E-state index is 11.9. The molecule has 2 aromatic rings. The number of para-hydroxylation sites is 1. The first-order valence-electron chi connectivity index (χ1n) is 8.33. The molecule has 3 N–H and O–H groups in total. The van der Waals surface area contributed by atoms with Gasteiger partial charge in [0.25, 0.3) is 0 Å². The Morgan fingerprint density at radius 1 is 1.36 bits per heavy atom. The minimum atomic E-state index is 0.0409. The summed E-state index contributed by atoms with van der Waals surface area (Å²) in [5, 5.41) is 9.38. The van der Waals surface area contributed by atoms with E-state index < -0.39 is 0 Å². The van der Waals surface area contributed by atoms with Crippen LogP contribution in [0, 0.1) is 13.8 Å². The van der Waals surface area contributed by atoms with Crippen LogP contribution in [0.15, 0.2) is 33.7 Å². The monoisotopic (exact) mass is 341 g/mol. The number of hydrogen-bond acceptors (Lipinski definition) is 4. The Kier molecular flexibility index (Phi) is 5.02. The van der Waals surface area contributed by atoms with Gasteiger partial charge in [0.1, 0.15) is 5.76 Å². The van der Waals surface area contributed by atoms with Gasteiger partial charge in [-0.1, -0.05) is 18.2 Å². The van der Waals surface area contributed by atoms with Gasteiger partial charge < -0.3 is 20.4 Å². The van der Waals surface area contributed by atoms with Gasteiger partial charge in [-0.3, -0.25) is 9.79 Å². The van der Waals surface area contributed by atoms with E-state index in [-0.39, 0.29) is 11.8 Å². The lowest BCUT2D eigenvalue weighted by molar-refractivity contribution is -0.116. The van der Waals surface area contributed by atoms with Crippen LogP contribution < -0.4 is 16.0 Å². The number of carbonyl (C=O) groups is 1. The van der Waals surface area contributed by atoms with Gasteiger partial charge in [0.05, 0.1) is 12.2 Å². The smallest absolute Gasteiger partial charge is 0.225 e. The number of rotatable bonds is 4. The van der Waals surface area contributed by atoms with Crippen LogP contribution >= 0.6 is 0 Å². The van der Waals surface area contributed by atoms with Crippen molar-refractivity contribution in [2.45, 2.75) is 32.7 Å². The van der Waals surface area contributed by atoms with E-state index in [2.05, 4.69) is 32.0 Å². The van der Waals surface area contributed by atoms with Crippen molar-refractivity contribution in [3.63, 3.8) is 0 Å². The minimum absolute atomic E-state index is 0.0409. The Bertz CT molecular complexity index is 777. The molecule has 1 amide bonds. The van der Waals surface area contributed by atoms with Crippen LogP contribution in [0.1, 0.15) is 35.2 Å².